The highest BCUT2D eigenvalue weighted by Gasteiger charge is 2.34. The first-order chi connectivity index (χ1) is 17.1. The van der Waals surface area contributed by atoms with E-state index in [1.54, 1.807) is 42.2 Å². The van der Waals surface area contributed by atoms with E-state index in [0.29, 0.717) is 38.9 Å². The Balaban J connectivity index is 1.81. The highest BCUT2D eigenvalue weighted by Crippen LogP contribution is 2.25. The van der Waals surface area contributed by atoms with E-state index < -0.39 is 20.0 Å². The molecular formula is C26H37N3O5S2. The summed E-state index contributed by atoms with van der Waals surface area (Å²) < 4.78 is 54.1. The summed E-state index contributed by atoms with van der Waals surface area (Å²) in [5.74, 6) is -0.318. The van der Waals surface area contributed by atoms with Gasteiger partial charge in [-0.05, 0) is 56.4 Å². The molecule has 36 heavy (non-hydrogen) atoms. The van der Waals surface area contributed by atoms with Crippen molar-refractivity contribution in [2.45, 2.75) is 57.5 Å². The van der Waals surface area contributed by atoms with Gasteiger partial charge in [0.15, 0.2) is 0 Å². The predicted molar refractivity (Wildman–Crippen MR) is 141 cm³/mol. The fourth-order valence-electron chi connectivity index (χ4n) is 4.52. The molecule has 1 aliphatic rings. The lowest BCUT2D eigenvalue weighted by atomic mass is 10.0. The van der Waals surface area contributed by atoms with Crippen LogP contribution in [0.3, 0.4) is 0 Å². The normalized spacial score (nSPS) is 15.8. The molecule has 198 valence electrons. The maximum atomic E-state index is 13.6. The number of aryl methyl sites for hydroxylation is 1. The Bertz CT molecular complexity index is 1230. The van der Waals surface area contributed by atoms with E-state index in [1.807, 2.05) is 38.1 Å². The van der Waals surface area contributed by atoms with Gasteiger partial charge in [0.25, 0.3) is 0 Å². The molecule has 0 saturated carbocycles. The fraction of sp³-hybridized carbons (Fsp3) is 0.500. The molecule has 0 unspecified atom stereocenters. The first kappa shape index (κ1) is 28.3. The van der Waals surface area contributed by atoms with E-state index in [1.165, 1.54) is 8.61 Å². The zero-order chi connectivity index (χ0) is 26.3. The van der Waals surface area contributed by atoms with Crippen LogP contribution in [0.15, 0.2) is 59.5 Å². The number of carbonyl (C=O) groups is 1. The molecule has 2 aromatic carbocycles. The molecule has 0 aromatic heterocycles. The van der Waals surface area contributed by atoms with Crippen molar-refractivity contribution >= 4 is 26.0 Å². The van der Waals surface area contributed by atoms with Crippen LogP contribution in [-0.2, 0) is 31.4 Å². The van der Waals surface area contributed by atoms with Gasteiger partial charge in [-0.2, -0.15) is 8.61 Å². The average molecular weight is 536 g/mol. The molecule has 1 aliphatic heterocycles. The first-order valence-electron chi connectivity index (χ1n) is 12.5. The minimum Gasteiger partial charge on any atom is -0.334 e. The number of rotatable bonds is 11. The van der Waals surface area contributed by atoms with Crippen LogP contribution in [0.2, 0.25) is 0 Å². The van der Waals surface area contributed by atoms with Gasteiger partial charge >= 0.3 is 0 Å². The van der Waals surface area contributed by atoms with Crippen molar-refractivity contribution in [2.24, 2.45) is 0 Å². The fourth-order valence-corrected chi connectivity index (χ4v) is 7.14. The summed E-state index contributed by atoms with van der Waals surface area (Å²) in [5, 5.41) is 0. The quantitative estimate of drug-likeness (QED) is 0.440. The number of carbonyl (C=O) groups excluding carboxylic acids is 1. The Morgan fingerprint density at radius 2 is 1.56 bits per heavy atom. The van der Waals surface area contributed by atoms with Gasteiger partial charge in [-0.1, -0.05) is 49.4 Å². The largest absolute Gasteiger partial charge is 0.334 e. The van der Waals surface area contributed by atoms with Crippen LogP contribution < -0.4 is 0 Å². The summed E-state index contributed by atoms with van der Waals surface area (Å²) in [6.45, 7) is 6.47. The van der Waals surface area contributed by atoms with Crippen molar-refractivity contribution in [3.05, 3.63) is 65.7 Å². The molecule has 2 aromatic rings. The monoisotopic (exact) mass is 535 g/mol. The van der Waals surface area contributed by atoms with Gasteiger partial charge in [-0.15, -0.1) is 0 Å². The van der Waals surface area contributed by atoms with Gasteiger partial charge in [0.2, 0.25) is 26.0 Å². The molecule has 1 saturated heterocycles. The maximum absolute atomic E-state index is 13.6. The Kier molecular flexibility index (Phi) is 9.68. The van der Waals surface area contributed by atoms with Crippen molar-refractivity contribution in [2.75, 3.05) is 31.9 Å². The number of benzene rings is 2. The van der Waals surface area contributed by atoms with E-state index in [2.05, 4.69) is 0 Å². The van der Waals surface area contributed by atoms with E-state index in [9.17, 15) is 21.6 Å². The standard InChI is InChI=1S/C26H37N3O5S2/c1-4-17-28(35(31,32)5-2)21-26(30)29(20-23-12-10-9-11-22(23)3)24-15-18-27(19-16-24)36(33,34)25-13-7-6-8-14-25/h6-14,24H,4-5,15-21H2,1-3H3. The molecule has 10 heteroatoms. The summed E-state index contributed by atoms with van der Waals surface area (Å²) in [6.07, 6.45) is 1.58. The lowest BCUT2D eigenvalue weighted by Gasteiger charge is -2.39. The molecule has 0 atom stereocenters. The van der Waals surface area contributed by atoms with Gasteiger partial charge in [0.05, 0.1) is 17.2 Å². The van der Waals surface area contributed by atoms with Crippen molar-refractivity contribution in [3.63, 3.8) is 0 Å². The third kappa shape index (κ3) is 6.73. The third-order valence-electron chi connectivity index (χ3n) is 6.71. The molecule has 1 fully saturated rings. The number of sulfonamides is 2. The van der Waals surface area contributed by atoms with E-state index >= 15 is 0 Å². The topological polar surface area (TPSA) is 95.1 Å². The SMILES string of the molecule is CCCN(CC(=O)N(Cc1ccccc1C)C1CCN(S(=O)(=O)c2ccccc2)CC1)S(=O)(=O)CC. The second-order valence-corrected chi connectivity index (χ2v) is 13.3. The maximum Gasteiger partial charge on any atom is 0.243 e. The third-order valence-corrected chi connectivity index (χ3v) is 10.5. The average Bonchev–Trinajstić information content (AvgIpc) is 2.88. The Morgan fingerprint density at radius 3 is 2.14 bits per heavy atom. The van der Waals surface area contributed by atoms with Crippen LogP contribution in [-0.4, -0.2) is 74.2 Å². The first-order valence-corrected chi connectivity index (χ1v) is 15.5. The van der Waals surface area contributed by atoms with Crippen LogP contribution in [0.1, 0.15) is 44.2 Å². The van der Waals surface area contributed by atoms with Crippen LogP contribution in [0.4, 0.5) is 0 Å². The summed E-state index contributed by atoms with van der Waals surface area (Å²) in [6, 6.07) is 16.0. The van der Waals surface area contributed by atoms with Crippen molar-refractivity contribution in [1.29, 1.82) is 0 Å². The molecule has 0 N–H and O–H groups in total. The van der Waals surface area contributed by atoms with E-state index in [4.69, 9.17) is 0 Å². The van der Waals surface area contributed by atoms with Crippen molar-refractivity contribution in [1.82, 2.24) is 13.5 Å². The second-order valence-electron chi connectivity index (χ2n) is 9.13. The van der Waals surface area contributed by atoms with Gasteiger partial charge in [-0.25, -0.2) is 16.8 Å². The number of amides is 1. The van der Waals surface area contributed by atoms with E-state index in [0.717, 1.165) is 11.1 Å². The lowest BCUT2D eigenvalue weighted by molar-refractivity contribution is -0.135. The minimum atomic E-state index is -3.60. The Labute approximate surface area is 216 Å². The second kappa shape index (κ2) is 12.3. The molecule has 1 heterocycles. The zero-order valence-electron chi connectivity index (χ0n) is 21.3. The number of nitrogens with zero attached hydrogens (tertiary/aromatic N) is 3. The van der Waals surface area contributed by atoms with Crippen LogP contribution >= 0.6 is 0 Å². The molecule has 0 spiro atoms. The lowest BCUT2D eigenvalue weighted by Crippen LogP contribution is -2.51. The van der Waals surface area contributed by atoms with Crippen LogP contribution in [0.5, 0.6) is 0 Å². The van der Waals surface area contributed by atoms with Gasteiger partial charge in [-0.3, -0.25) is 4.79 Å². The van der Waals surface area contributed by atoms with Gasteiger partial charge in [0, 0.05) is 32.2 Å². The number of piperidine rings is 1. The summed E-state index contributed by atoms with van der Waals surface area (Å²) in [4.78, 5) is 15.6. The number of hydrogen-bond acceptors (Lipinski definition) is 5. The molecular weight excluding hydrogens is 498 g/mol. The smallest absolute Gasteiger partial charge is 0.243 e. The van der Waals surface area contributed by atoms with E-state index in [-0.39, 0.29) is 35.7 Å². The van der Waals surface area contributed by atoms with Gasteiger partial charge in [0.1, 0.15) is 0 Å². The number of hydrogen-bond donors (Lipinski definition) is 0. The highest BCUT2D eigenvalue weighted by molar-refractivity contribution is 7.89. The van der Waals surface area contributed by atoms with Crippen LogP contribution in [0.25, 0.3) is 0 Å². The Morgan fingerprint density at radius 1 is 0.944 bits per heavy atom. The zero-order valence-corrected chi connectivity index (χ0v) is 23.0. The Hall–Kier alpha value is -2.27. The molecule has 0 bridgehead atoms. The molecule has 0 radical (unpaired) electrons. The minimum absolute atomic E-state index is 0.0617. The van der Waals surface area contributed by atoms with Crippen LogP contribution in [0, 0.1) is 6.92 Å². The van der Waals surface area contributed by atoms with Crippen molar-refractivity contribution < 1.29 is 21.6 Å². The molecule has 0 aliphatic carbocycles. The molecule has 1 amide bonds. The molecule has 3 rings (SSSR count). The van der Waals surface area contributed by atoms with Gasteiger partial charge < -0.3 is 4.90 Å². The summed E-state index contributed by atoms with van der Waals surface area (Å²) >= 11 is 0. The highest BCUT2D eigenvalue weighted by atomic mass is 32.2. The molecule has 8 nitrogen and oxygen atoms in total. The summed E-state index contributed by atoms with van der Waals surface area (Å²) in [5.41, 5.74) is 2.04. The summed E-state index contributed by atoms with van der Waals surface area (Å²) in [7, 11) is -7.13. The van der Waals surface area contributed by atoms with Crippen molar-refractivity contribution in [3.8, 4) is 0 Å². The predicted octanol–water partition coefficient (Wildman–Crippen LogP) is 3.24.